The zero-order chi connectivity index (χ0) is 15.4. The van der Waals surface area contributed by atoms with Crippen molar-refractivity contribution < 1.29 is 19.4 Å². The number of carboxylic acids is 1. The van der Waals surface area contributed by atoms with E-state index in [4.69, 9.17) is 9.84 Å². The van der Waals surface area contributed by atoms with Crippen LogP contribution >= 0.6 is 11.3 Å². The first kappa shape index (κ1) is 15.1. The van der Waals surface area contributed by atoms with Gasteiger partial charge in [0, 0.05) is 17.1 Å². The van der Waals surface area contributed by atoms with Gasteiger partial charge in [-0.3, -0.25) is 4.79 Å². The van der Waals surface area contributed by atoms with Crippen molar-refractivity contribution in [3.8, 4) is 5.75 Å². The number of anilines is 1. The van der Waals surface area contributed by atoms with E-state index >= 15 is 0 Å². The fraction of sp³-hybridized carbons (Fsp3) is 0.200. The summed E-state index contributed by atoms with van der Waals surface area (Å²) >= 11 is 1.06. The number of carbonyl (C=O) groups excluding carboxylic acids is 1. The van der Waals surface area contributed by atoms with Crippen LogP contribution in [-0.2, 0) is 4.79 Å². The first-order valence-electron chi connectivity index (χ1n) is 6.27. The van der Waals surface area contributed by atoms with Crippen LogP contribution in [0.5, 0.6) is 5.75 Å². The molecule has 1 amide bonds. The molecule has 2 rings (SSSR count). The number of benzene rings is 1. The lowest BCUT2D eigenvalue weighted by Crippen LogP contribution is -2.20. The van der Waals surface area contributed by atoms with Crippen molar-refractivity contribution in [3.63, 3.8) is 0 Å². The number of aromatic carboxylic acids is 1. The van der Waals surface area contributed by atoms with E-state index in [0.717, 1.165) is 28.2 Å². The third-order valence-corrected chi connectivity index (χ3v) is 3.71. The average molecular weight is 305 g/mol. The van der Waals surface area contributed by atoms with Gasteiger partial charge in [0.2, 0.25) is 0 Å². The summed E-state index contributed by atoms with van der Waals surface area (Å²) in [6.07, 6.45) is 0. The largest absolute Gasteiger partial charge is 0.483 e. The van der Waals surface area contributed by atoms with E-state index < -0.39 is 5.97 Å². The van der Waals surface area contributed by atoms with Crippen molar-refractivity contribution in [3.05, 3.63) is 45.6 Å². The highest BCUT2D eigenvalue weighted by Gasteiger charge is 2.10. The molecule has 1 heterocycles. The molecule has 6 heteroatoms. The van der Waals surface area contributed by atoms with Crippen molar-refractivity contribution in [1.82, 2.24) is 0 Å². The van der Waals surface area contributed by atoms with Crippen molar-refractivity contribution in [2.24, 2.45) is 0 Å². The Morgan fingerprint density at radius 2 is 2.05 bits per heavy atom. The molecule has 0 bridgehead atoms. The van der Waals surface area contributed by atoms with Gasteiger partial charge < -0.3 is 15.2 Å². The van der Waals surface area contributed by atoms with E-state index in [-0.39, 0.29) is 17.4 Å². The van der Waals surface area contributed by atoms with Crippen molar-refractivity contribution in [2.45, 2.75) is 13.8 Å². The van der Waals surface area contributed by atoms with E-state index in [2.05, 4.69) is 5.32 Å². The summed E-state index contributed by atoms with van der Waals surface area (Å²) in [7, 11) is 0. The summed E-state index contributed by atoms with van der Waals surface area (Å²) in [6, 6.07) is 7.14. The molecule has 0 aliphatic rings. The molecule has 0 spiro atoms. The van der Waals surface area contributed by atoms with Crippen LogP contribution in [0.15, 0.2) is 29.6 Å². The fourth-order valence-electron chi connectivity index (χ4n) is 1.80. The predicted molar refractivity (Wildman–Crippen MR) is 81.3 cm³/mol. The second-order valence-electron chi connectivity index (χ2n) is 4.61. The third kappa shape index (κ3) is 4.06. The molecule has 1 aromatic heterocycles. The Bertz CT molecular complexity index is 678. The maximum absolute atomic E-state index is 11.8. The SMILES string of the molecule is Cc1ccc(NC(=O)COc2csc(C(=O)O)c2)c(C)c1. The van der Waals surface area contributed by atoms with Crippen molar-refractivity contribution >= 4 is 28.9 Å². The van der Waals surface area contributed by atoms with Gasteiger partial charge >= 0.3 is 5.97 Å². The maximum atomic E-state index is 11.8. The van der Waals surface area contributed by atoms with E-state index in [0.29, 0.717) is 5.75 Å². The molecule has 1 aromatic carbocycles. The molecule has 110 valence electrons. The topological polar surface area (TPSA) is 75.6 Å². The highest BCUT2D eigenvalue weighted by atomic mass is 32.1. The highest BCUT2D eigenvalue weighted by molar-refractivity contribution is 7.12. The van der Waals surface area contributed by atoms with Crippen molar-refractivity contribution in [2.75, 3.05) is 11.9 Å². The summed E-state index contributed by atoms with van der Waals surface area (Å²) in [6.45, 7) is 3.74. The Morgan fingerprint density at radius 3 is 2.67 bits per heavy atom. The average Bonchev–Trinajstić information content (AvgIpc) is 2.89. The second-order valence-corrected chi connectivity index (χ2v) is 5.52. The van der Waals surface area contributed by atoms with Crippen LogP contribution in [0.4, 0.5) is 5.69 Å². The Morgan fingerprint density at radius 1 is 1.29 bits per heavy atom. The van der Waals surface area contributed by atoms with Crippen LogP contribution in [0.3, 0.4) is 0 Å². The maximum Gasteiger partial charge on any atom is 0.346 e. The molecule has 5 nitrogen and oxygen atoms in total. The monoisotopic (exact) mass is 305 g/mol. The summed E-state index contributed by atoms with van der Waals surface area (Å²) in [5.74, 6) is -0.909. The number of hydrogen-bond acceptors (Lipinski definition) is 4. The zero-order valence-corrected chi connectivity index (χ0v) is 12.5. The molecule has 0 radical (unpaired) electrons. The van der Waals surface area contributed by atoms with E-state index in [1.54, 1.807) is 5.38 Å². The Labute approximate surface area is 126 Å². The fourth-order valence-corrected chi connectivity index (χ4v) is 2.46. The summed E-state index contributed by atoms with van der Waals surface area (Å²) < 4.78 is 5.27. The van der Waals surface area contributed by atoms with Gasteiger partial charge in [0.1, 0.15) is 10.6 Å². The number of amides is 1. The van der Waals surface area contributed by atoms with Crippen LogP contribution in [0.1, 0.15) is 20.8 Å². The molecular weight excluding hydrogens is 290 g/mol. The summed E-state index contributed by atoms with van der Waals surface area (Å²) in [5, 5.41) is 13.1. The molecule has 0 saturated carbocycles. The smallest absolute Gasteiger partial charge is 0.346 e. The molecule has 0 atom stereocenters. The summed E-state index contributed by atoms with van der Waals surface area (Å²) in [4.78, 5) is 22.7. The minimum absolute atomic E-state index is 0.164. The molecule has 0 saturated heterocycles. The Balaban J connectivity index is 1.91. The van der Waals surface area contributed by atoms with E-state index in [1.807, 2.05) is 32.0 Å². The normalized spacial score (nSPS) is 10.2. The minimum atomic E-state index is -1.01. The third-order valence-electron chi connectivity index (χ3n) is 2.81. The van der Waals surface area contributed by atoms with Crippen LogP contribution < -0.4 is 10.1 Å². The molecule has 2 N–H and O–H groups in total. The van der Waals surface area contributed by atoms with Gasteiger partial charge in [0.25, 0.3) is 5.91 Å². The standard InChI is InChI=1S/C15H15NO4S/c1-9-3-4-12(10(2)5-9)16-14(17)7-20-11-6-13(15(18)19)21-8-11/h3-6,8H,7H2,1-2H3,(H,16,17)(H,18,19). The van der Waals surface area contributed by atoms with Gasteiger partial charge in [-0.1, -0.05) is 17.7 Å². The Kier molecular flexibility index (Phi) is 4.59. The van der Waals surface area contributed by atoms with Crippen molar-refractivity contribution in [1.29, 1.82) is 0 Å². The number of thiophene rings is 1. The van der Waals surface area contributed by atoms with Gasteiger partial charge in [-0.15, -0.1) is 11.3 Å². The molecular formula is C15H15NO4S. The molecule has 0 unspecified atom stereocenters. The van der Waals surface area contributed by atoms with Gasteiger partial charge in [-0.2, -0.15) is 0 Å². The van der Waals surface area contributed by atoms with E-state index in [9.17, 15) is 9.59 Å². The number of hydrogen-bond donors (Lipinski definition) is 2. The van der Waals surface area contributed by atoms with Crippen LogP contribution in [-0.4, -0.2) is 23.6 Å². The van der Waals surface area contributed by atoms with Gasteiger partial charge in [0.05, 0.1) is 0 Å². The Hall–Kier alpha value is -2.34. The first-order valence-corrected chi connectivity index (χ1v) is 7.15. The number of nitrogens with one attached hydrogen (secondary N) is 1. The molecule has 2 aromatic rings. The number of carboxylic acid groups (broad SMARTS) is 1. The molecule has 0 aliphatic heterocycles. The van der Waals surface area contributed by atoms with Crippen LogP contribution in [0.2, 0.25) is 0 Å². The van der Waals surface area contributed by atoms with Crippen LogP contribution in [0.25, 0.3) is 0 Å². The van der Waals surface area contributed by atoms with E-state index in [1.165, 1.54) is 6.07 Å². The number of carbonyl (C=O) groups is 2. The number of ether oxygens (including phenoxy) is 1. The molecule has 21 heavy (non-hydrogen) atoms. The quantitative estimate of drug-likeness (QED) is 0.890. The number of aryl methyl sites for hydroxylation is 2. The lowest BCUT2D eigenvalue weighted by molar-refractivity contribution is -0.118. The molecule has 0 fully saturated rings. The predicted octanol–water partition coefficient (Wildman–Crippen LogP) is 3.08. The molecule has 0 aliphatic carbocycles. The summed E-state index contributed by atoms with van der Waals surface area (Å²) in [5.41, 5.74) is 2.85. The minimum Gasteiger partial charge on any atom is -0.483 e. The zero-order valence-electron chi connectivity index (χ0n) is 11.7. The lowest BCUT2D eigenvalue weighted by Gasteiger charge is -2.09. The lowest BCUT2D eigenvalue weighted by atomic mass is 10.1. The van der Waals surface area contributed by atoms with Crippen LogP contribution in [0, 0.1) is 13.8 Å². The highest BCUT2D eigenvalue weighted by Crippen LogP contribution is 2.21. The number of rotatable bonds is 5. The van der Waals surface area contributed by atoms with Gasteiger partial charge in [0.15, 0.2) is 6.61 Å². The first-order chi connectivity index (χ1) is 9.95. The second kappa shape index (κ2) is 6.41. The van der Waals surface area contributed by atoms with Gasteiger partial charge in [-0.25, -0.2) is 4.79 Å². The van der Waals surface area contributed by atoms with Gasteiger partial charge in [-0.05, 0) is 25.5 Å².